The quantitative estimate of drug-likeness (QED) is 0.617. The molecule has 1 aromatic carbocycles. The maximum Gasteiger partial charge on any atom is 0.359 e. The van der Waals surface area contributed by atoms with E-state index in [1.807, 2.05) is 6.07 Å². The Balaban J connectivity index is 1.52. The van der Waals surface area contributed by atoms with Crippen LogP contribution in [-0.4, -0.2) is 34.3 Å². The van der Waals surface area contributed by atoms with Gasteiger partial charge in [0.05, 0.1) is 12.0 Å². The van der Waals surface area contributed by atoms with Crippen molar-refractivity contribution in [3.8, 4) is 17.1 Å². The highest BCUT2D eigenvalue weighted by atomic mass is 35.5. The first-order valence-corrected chi connectivity index (χ1v) is 9.84. The summed E-state index contributed by atoms with van der Waals surface area (Å²) in [6.07, 6.45) is 5.70. The summed E-state index contributed by atoms with van der Waals surface area (Å²) >= 11 is 6.10. The molecule has 1 aliphatic rings. The van der Waals surface area contributed by atoms with Crippen LogP contribution in [0.25, 0.3) is 17.1 Å². The third-order valence-electron chi connectivity index (χ3n) is 4.80. The predicted octanol–water partition coefficient (Wildman–Crippen LogP) is 4.00. The predicted molar refractivity (Wildman–Crippen MR) is 107 cm³/mol. The topological polar surface area (TPSA) is 86.4 Å². The van der Waals surface area contributed by atoms with Gasteiger partial charge in [-0.15, -0.1) is 0 Å². The third kappa shape index (κ3) is 4.51. The van der Waals surface area contributed by atoms with Crippen molar-refractivity contribution in [3.63, 3.8) is 0 Å². The van der Waals surface area contributed by atoms with Crippen molar-refractivity contribution >= 4 is 23.5 Å². The van der Waals surface area contributed by atoms with Crippen LogP contribution in [0.4, 0.5) is 0 Å². The molecule has 1 saturated carbocycles. The fraction of sp³-hybridized carbons (Fsp3) is 0.286. The minimum Gasteiger partial charge on any atom is -0.463 e. The highest BCUT2D eigenvalue weighted by Crippen LogP contribution is 2.26. The second-order valence-corrected chi connectivity index (χ2v) is 7.35. The Morgan fingerprint density at radius 3 is 2.76 bits per heavy atom. The minimum atomic E-state index is -0.680. The molecular formula is C21H20ClN3O4. The van der Waals surface area contributed by atoms with E-state index in [9.17, 15) is 9.59 Å². The molecule has 2 aromatic heterocycles. The van der Waals surface area contributed by atoms with Crippen molar-refractivity contribution in [2.75, 3.05) is 6.61 Å². The number of nitrogens with zero attached hydrogens (tertiary/aromatic N) is 2. The van der Waals surface area contributed by atoms with E-state index in [-0.39, 0.29) is 24.2 Å². The maximum absolute atomic E-state index is 12.5. The second kappa shape index (κ2) is 8.53. The number of hydrogen-bond acceptors (Lipinski definition) is 5. The Bertz CT molecular complexity index is 1010. The number of ether oxygens (including phenoxy) is 1. The summed E-state index contributed by atoms with van der Waals surface area (Å²) in [5.41, 5.74) is 1.31. The molecule has 1 N–H and O–H groups in total. The number of rotatable bonds is 6. The van der Waals surface area contributed by atoms with E-state index < -0.39 is 5.97 Å². The zero-order valence-electron chi connectivity index (χ0n) is 15.6. The number of hydrogen-bond donors (Lipinski definition) is 1. The van der Waals surface area contributed by atoms with Gasteiger partial charge in [0.15, 0.2) is 18.1 Å². The first-order valence-electron chi connectivity index (χ1n) is 9.46. The van der Waals surface area contributed by atoms with E-state index in [0.717, 1.165) is 25.7 Å². The lowest BCUT2D eigenvalue weighted by molar-refractivity contribution is -0.124. The molecule has 0 bridgehead atoms. The van der Waals surface area contributed by atoms with Gasteiger partial charge in [0.2, 0.25) is 0 Å². The molecule has 0 aliphatic heterocycles. The number of nitrogens with one attached hydrogen (secondary N) is 1. The van der Waals surface area contributed by atoms with E-state index in [1.54, 1.807) is 41.1 Å². The summed E-state index contributed by atoms with van der Waals surface area (Å²) < 4.78 is 12.2. The van der Waals surface area contributed by atoms with Crippen LogP contribution in [0, 0.1) is 0 Å². The Morgan fingerprint density at radius 1 is 1.21 bits per heavy atom. The van der Waals surface area contributed by atoms with E-state index >= 15 is 0 Å². The summed E-state index contributed by atoms with van der Waals surface area (Å²) in [6.45, 7) is -0.338. The molecule has 0 spiro atoms. The maximum atomic E-state index is 12.5. The van der Waals surface area contributed by atoms with Gasteiger partial charge in [-0.3, -0.25) is 4.79 Å². The number of carbonyl (C=O) groups excluding carboxylic acids is 2. The van der Waals surface area contributed by atoms with Gasteiger partial charge in [0, 0.05) is 17.1 Å². The molecule has 2 heterocycles. The van der Waals surface area contributed by atoms with Crippen molar-refractivity contribution < 1.29 is 18.7 Å². The highest BCUT2D eigenvalue weighted by Gasteiger charge is 2.21. The van der Waals surface area contributed by atoms with E-state index in [2.05, 4.69) is 10.4 Å². The molecule has 4 rings (SSSR count). The minimum absolute atomic E-state index is 0.0741. The summed E-state index contributed by atoms with van der Waals surface area (Å²) in [5.74, 6) is -0.443. The van der Waals surface area contributed by atoms with Gasteiger partial charge >= 0.3 is 5.97 Å². The van der Waals surface area contributed by atoms with E-state index in [4.69, 9.17) is 20.8 Å². The second-order valence-electron chi connectivity index (χ2n) is 6.91. The van der Waals surface area contributed by atoms with Crippen LogP contribution in [-0.2, 0) is 9.53 Å². The number of furan rings is 1. The fourth-order valence-electron chi connectivity index (χ4n) is 3.43. The van der Waals surface area contributed by atoms with Crippen molar-refractivity contribution in [1.82, 2.24) is 15.1 Å². The van der Waals surface area contributed by atoms with Crippen LogP contribution in [0.1, 0.15) is 36.2 Å². The first kappa shape index (κ1) is 19.3. The van der Waals surface area contributed by atoms with Gasteiger partial charge in [-0.2, -0.15) is 5.10 Å². The van der Waals surface area contributed by atoms with Crippen LogP contribution >= 0.6 is 11.6 Å². The van der Waals surface area contributed by atoms with Crippen LogP contribution < -0.4 is 5.32 Å². The number of benzene rings is 1. The SMILES string of the molecule is O=C(COC(=O)c1cc(-c2ccco2)n(-c2cccc(Cl)c2)n1)NC1CCCC1. The zero-order chi connectivity index (χ0) is 20.2. The Morgan fingerprint density at radius 2 is 2.03 bits per heavy atom. The number of aromatic nitrogens is 2. The van der Waals surface area contributed by atoms with Crippen LogP contribution in [0.2, 0.25) is 5.02 Å². The standard InChI is InChI=1S/C21H20ClN3O4/c22-14-5-3-8-16(11-14)25-18(19-9-4-10-28-19)12-17(24-25)21(27)29-13-20(26)23-15-6-1-2-7-15/h3-5,8-12,15H,1-2,6-7,13H2,(H,23,26). The number of esters is 1. The summed E-state index contributed by atoms with van der Waals surface area (Å²) in [7, 11) is 0. The lowest BCUT2D eigenvalue weighted by atomic mass is 10.2. The van der Waals surface area contributed by atoms with E-state index in [1.165, 1.54) is 6.26 Å². The molecule has 1 aliphatic carbocycles. The third-order valence-corrected chi connectivity index (χ3v) is 5.03. The summed E-state index contributed by atoms with van der Waals surface area (Å²) in [5, 5.41) is 7.77. The molecule has 1 fully saturated rings. The van der Waals surface area contributed by atoms with Crippen molar-refractivity contribution in [2.45, 2.75) is 31.7 Å². The van der Waals surface area contributed by atoms with Crippen LogP contribution in [0.3, 0.4) is 0 Å². The number of amides is 1. The lowest BCUT2D eigenvalue weighted by Crippen LogP contribution is -2.35. The highest BCUT2D eigenvalue weighted by molar-refractivity contribution is 6.30. The Labute approximate surface area is 172 Å². The molecule has 0 saturated heterocycles. The molecule has 0 unspecified atom stereocenters. The molecule has 1 amide bonds. The Kier molecular flexibility index (Phi) is 5.67. The molecule has 0 radical (unpaired) electrons. The molecule has 150 valence electrons. The van der Waals surface area contributed by atoms with Gasteiger partial charge < -0.3 is 14.5 Å². The van der Waals surface area contributed by atoms with Crippen molar-refractivity contribution in [2.24, 2.45) is 0 Å². The van der Waals surface area contributed by atoms with Gasteiger partial charge in [-0.05, 0) is 43.2 Å². The summed E-state index contributed by atoms with van der Waals surface area (Å²) in [6, 6.07) is 12.3. The molecular weight excluding hydrogens is 394 g/mol. The summed E-state index contributed by atoms with van der Waals surface area (Å²) in [4.78, 5) is 24.5. The molecule has 0 atom stereocenters. The van der Waals surface area contributed by atoms with Gasteiger partial charge in [-0.25, -0.2) is 9.48 Å². The molecule has 8 heteroatoms. The van der Waals surface area contributed by atoms with Crippen LogP contribution in [0.15, 0.2) is 53.1 Å². The average molecular weight is 414 g/mol. The van der Waals surface area contributed by atoms with Crippen molar-refractivity contribution in [1.29, 1.82) is 0 Å². The lowest BCUT2D eigenvalue weighted by Gasteiger charge is -2.11. The Hall–Kier alpha value is -3.06. The zero-order valence-corrected chi connectivity index (χ0v) is 16.4. The molecule has 7 nitrogen and oxygen atoms in total. The van der Waals surface area contributed by atoms with E-state index in [0.29, 0.717) is 22.2 Å². The normalized spacial score (nSPS) is 14.1. The fourth-order valence-corrected chi connectivity index (χ4v) is 3.61. The van der Waals surface area contributed by atoms with Gasteiger partial charge in [0.25, 0.3) is 5.91 Å². The van der Waals surface area contributed by atoms with Crippen molar-refractivity contribution in [3.05, 3.63) is 59.4 Å². The monoisotopic (exact) mass is 413 g/mol. The average Bonchev–Trinajstić information content (AvgIpc) is 3.46. The number of carbonyl (C=O) groups is 2. The molecule has 29 heavy (non-hydrogen) atoms. The van der Waals surface area contributed by atoms with Gasteiger partial charge in [0.1, 0.15) is 5.69 Å². The van der Waals surface area contributed by atoms with Gasteiger partial charge in [-0.1, -0.05) is 30.5 Å². The number of halogens is 1. The first-order chi connectivity index (χ1) is 14.1. The smallest absolute Gasteiger partial charge is 0.359 e. The molecule has 3 aromatic rings. The largest absolute Gasteiger partial charge is 0.463 e. The van der Waals surface area contributed by atoms with Crippen LogP contribution in [0.5, 0.6) is 0 Å².